The second-order valence-corrected chi connectivity index (χ2v) is 9.95. The molecule has 1 saturated carbocycles. The first-order chi connectivity index (χ1) is 17.4. The van der Waals surface area contributed by atoms with Gasteiger partial charge in [0.15, 0.2) is 6.61 Å². The zero-order valence-electron chi connectivity index (χ0n) is 20.9. The first kappa shape index (κ1) is 25.9. The molecule has 190 valence electrons. The molecule has 0 radical (unpaired) electrons. The summed E-state index contributed by atoms with van der Waals surface area (Å²) in [6.07, 6.45) is 6.98. The Bertz CT molecular complexity index is 1330. The van der Waals surface area contributed by atoms with Gasteiger partial charge in [-0.05, 0) is 50.1 Å². The normalized spacial score (nSPS) is 14.3. The molecule has 0 saturated heterocycles. The van der Waals surface area contributed by atoms with Gasteiger partial charge in [-0.2, -0.15) is 9.78 Å². The lowest BCUT2D eigenvalue weighted by Crippen LogP contribution is -2.25. The molecule has 3 aromatic rings. The summed E-state index contributed by atoms with van der Waals surface area (Å²) < 4.78 is 13.0. The van der Waals surface area contributed by atoms with E-state index >= 15 is 0 Å². The number of hydrogen-bond donors (Lipinski definition) is 0. The van der Waals surface area contributed by atoms with Crippen LogP contribution in [0.1, 0.15) is 56.3 Å². The Kier molecular flexibility index (Phi) is 8.40. The van der Waals surface area contributed by atoms with Crippen molar-refractivity contribution < 1.29 is 14.3 Å². The highest BCUT2D eigenvalue weighted by Crippen LogP contribution is 2.32. The van der Waals surface area contributed by atoms with Gasteiger partial charge in [-0.15, -0.1) is 0 Å². The highest BCUT2D eigenvalue weighted by Gasteiger charge is 2.22. The molecule has 0 amide bonds. The fourth-order valence-electron chi connectivity index (χ4n) is 4.39. The van der Waals surface area contributed by atoms with Crippen LogP contribution in [-0.4, -0.2) is 49.2 Å². The van der Waals surface area contributed by atoms with Gasteiger partial charge in [-0.1, -0.05) is 35.2 Å². The van der Waals surface area contributed by atoms with E-state index in [9.17, 15) is 9.59 Å². The molecule has 1 aromatic heterocycles. The van der Waals surface area contributed by atoms with Crippen LogP contribution in [0.25, 0.3) is 10.9 Å². The fourth-order valence-corrected chi connectivity index (χ4v) is 4.76. The van der Waals surface area contributed by atoms with E-state index in [1.807, 2.05) is 49.3 Å². The van der Waals surface area contributed by atoms with Crippen LogP contribution in [0.3, 0.4) is 0 Å². The SMILES string of the molecule is CCOC(=O)COc1cc(N(C)C)ccc1C=Nn1c(C2CCCCC2)nc2ccc(Br)cc2c1=O. The number of ether oxygens (including phenoxy) is 2. The summed E-state index contributed by atoms with van der Waals surface area (Å²) in [7, 11) is 3.85. The lowest BCUT2D eigenvalue weighted by atomic mass is 9.88. The highest BCUT2D eigenvalue weighted by molar-refractivity contribution is 9.10. The van der Waals surface area contributed by atoms with Crippen molar-refractivity contribution in [1.29, 1.82) is 0 Å². The maximum Gasteiger partial charge on any atom is 0.344 e. The van der Waals surface area contributed by atoms with Crippen molar-refractivity contribution in [2.75, 3.05) is 32.2 Å². The average Bonchev–Trinajstić information content (AvgIpc) is 2.88. The molecule has 1 aliphatic carbocycles. The van der Waals surface area contributed by atoms with Gasteiger partial charge in [-0.25, -0.2) is 9.78 Å². The molecule has 9 heteroatoms. The third kappa shape index (κ3) is 5.95. The molecule has 2 aromatic carbocycles. The lowest BCUT2D eigenvalue weighted by Gasteiger charge is -2.23. The number of halogens is 1. The number of carbonyl (C=O) groups is 1. The van der Waals surface area contributed by atoms with E-state index in [-0.39, 0.29) is 24.7 Å². The Hall–Kier alpha value is -3.20. The minimum absolute atomic E-state index is 0.173. The molecule has 1 heterocycles. The average molecular weight is 555 g/mol. The minimum Gasteiger partial charge on any atom is -0.481 e. The van der Waals surface area contributed by atoms with Crippen molar-refractivity contribution in [1.82, 2.24) is 9.66 Å². The Morgan fingerprint density at radius 2 is 1.97 bits per heavy atom. The third-order valence-corrected chi connectivity index (χ3v) is 6.77. The molecule has 0 atom stereocenters. The predicted octanol–water partition coefficient (Wildman–Crippen LogP) is 5.10. The van der Waals surface area contributed by atoms with Crippen LogP contribution in [-0.2, 0) is 9.53 Å². The van der Waals surface area contributed by atoms with E-state index in [2.05, 4.69) is 21.0 Å². The number of fused-ring (bicyclic) bond motifs is 1. The molecule has 0 aliphatic heterocycles. The van der Waals surface area contributed by atoms with Crippen LogP contribution >= 0.6 is 15.9 Å². The van der Waals surface area contributed by atoms with Gasteiger partial charge in [0.25, 0.3) is 5.56 Å². The molecular weight excluding hydrogens is 524 g/mol. The number of carbonyl (C=O) groups excluding carboxylic acids is 1. The summed E-state index contributed by atoms with van der Waals surface area (Å²) in [5.74, 6) is 0.884. The second kappa shape index (κ2) is 11.7. The van der Waals surface area contributed by atoms with Gasteiger partial charge in [0.1, 0.15) is 11.6 Å². The molecule has 1 aliphatic rings. The lowest BCUT2D eigenvalue weighted by molar-refractivity contribution is -0.145. The number of nitrogens with zero attached hydrogens (tertiary/aromatic N) is 4. The maximum atomic E-state index is 13.6. The number of rotatable bonds is 8. The number of esters is 1. The van der Waals surface area contributed by atoms with Crippen LogP contribution < -0.4 is 15.2 Å². The highest BCUT2D eigenvalue weighted by atomic mass is 79.9. The molecule has 4 rings (SSSR count). The third-order valence-electron chi connectivity index (χ3n) is 6.28. The fraction of sp³-hybridized carbons (Fsp3) is 0.407. The zero-order valence-corrected chi connectivity index (χ0v) is 22.5. The summed E-state index contributed by atoms with van der Waals surface area (Å²) in [5, 5.41) is 5.12. The molecule has 0 unspecified atom stereocenters. The largest absolute Gasteiger partial charge is 0.481 e. The van der Waals surface area contributed by atoms with E-state index in [0.717, 1.165) is 35.8 Å². The van der Waals surface area contributed by atoms with Crippen molar-refractivity contribution in [3.05, 3.63) is 62.6 Å². The molecule has 8 nitrogen and oxygen atoms in total. The van der Waals surface area contributed by atoms with Crippen molar-refractivity contribution >= 4 is 44.7 Å². The smallest absolute Gasteiger partial charge is 0.344 e. The van der Waals surface area contributed by atoms with Crippen molar-refractivity contribution in [2.24, 2.45) is 5.10 Å². The Labute approximate surface area is 219 Å². The molecular formula is C27H31BrN4O4. The van der Waals surface area contributed by atoms with Gasteiger partial charge in [-0.3, -0.25) is 4.79 Å². The molecule has 0 spiro atoms. The van der Waals surface area contributed by atoms with E-state index in [4.69, 9.17) is 14.5 Å². The Morgan fingerprint density at radius 1 is 1.19 bits per heavy atom. The molecule has 1 fully saturated rings. The van der Waals surface area contributed by atoms with Crippen LogP contribution in [0.5, 0.6) is 5.75 Å². The van der Waals surface area contributed by atoms with Crippen molar-refractivity contribution in [3.63, 3.8) is 0 Å². The zero-order chi connectivity index (χ0) is 25.7. The summed E-state index contributed by atoms with van der Waals surface area (Å²) in [6, 6.07) is 11.2. The Balaban J connectivity index is 1.77. The monoisotopic (exact) mass is 554 g/mol. The van der Waals surface area contributed by atoms with Crippen LogP contribution in [0.4, 0.5) is 5.69 Å². The van der Waals surface area contributed by atoms with E-state index < -0.39 is 5.97 Å². The molecule has 36 heavy (non-hydrogen) atoms. The molecule has 0 N–H and O–H groups in total. The second-order valence-electron chi connectivity index (χ2n) is 9.04. The minimum atomic E-state index is -0.448. The van der Waals surface area contributed by atoms with Crippen LogP contribution in [0, 0.1) is 0 Å². The Morgan fingerprint density at radius 3 is 2.69 bits per heavy atom. The van der Waals surface area contributed by atoms with E-state index in [0.29, 0.717) is 28.0 Å². The number of benzene rings is 2. The van der Waals surface area contributed by atoms with Gasteiger partial charge in [0.2, 0.25) is 0 Å². The quantitative estimate of drug-likeness (QED) is 0.284. The molecule has 0 bridgehead atoms. The van der Waals surface area contributed by atoms with Gasteiger partial charge in [0, 0.05) is 41.8 Å². The van der Waals surface area contributed by atoms with Gasteiger partial charge < -0.3 is 14.4 Å². The van der Waals surface area contributed by atoms with Crippen molar-refractivity contribution in [3.8, 4) is 5.75 Å². The van der Waals surface area contributed by atoms with Crippen molar-refractivity contribution in [2.45, 2.75) is 44.9 Å². The summed E-state index contributed by atoms with van der Waals surface area (Å²) in [6.45, 7) is 1.82. The summed E-state index contributed by atoms with van der Waals surface area (Å²) in [5.41, 5.74) is 2.00. The van der Waals surface area contributed by atoms with Gasteiger partial charge in [0.05, 0.1) is 23.7 Å². The topological polar surface area (TPSA) is 86.0 Å². The van der Waals surface area contributed by atoms with E-state index in [1.54, 1.807) is 19.2 Å². The van der Waals surface area contributed by atoms with E-state index in [1.165, 1.54) is 11.1 Å². The summed E-state index contributed by atoms with van der Waals surface area (Å²) in [4.78, 5) is 32.3. The first-order valence-electron chi connectivity index (χ1n) is 12.2. The van der Waals surface area contributed by atoms with Crippen LogP contribution in [0.2, 0.25) is 0 Å². The standard InChI is InChI=1S/C27H31BrN4O4/c1-4-35-25(33)17-36-24-15-21(31(2)3)12-10-19(24)16-29-32-26(18-8-6-5-7-9-18)30-23-13-11-20(28)14-22(23)27(32)34/h10-16,18H,4-9,17H2,1-3H3. The number of hydrogen-bond acceptors (Lipinski definition) is 7. The maximum absolute atomic E-state index is 13.6. The summed E-state index contributed by atoms with van der Waals surface area (Å²) >= 11 is 3.46. The van der Waals surface area contributed by atoms with Crippen LogP contribution in [0.15, 0.2) is 50.8 Å². The number of aromatic nitrogens is 2. The first-order valence-corrected chi connectivity index (χ1v) is 13.0. The predicted molar refractivity (Wildman–Crippen MR) is 145 cm³/mol. The number of anilines is 1. The van der Waals surface area contributed by atoms with Gasteiger partial charge >= 0.3 is 5.97 Å².